The van der Waals surface area contributed by atoms with Crippen molar-refractivity contribution in [3.63, 3.8) is 0 Å². The highest BCUT2D eigenvalue weighted by Gasteiger charge is 2.16. The SMILES string of the molecule is CC(=O)c1csc(NC(=O)C(N)Cc2ccccc2)n1. The predicted octanol–water partition coefficient (Wildman–Crippen LogP) is 1.85. The summed E-state index contributed by atoms with van der Waals surface area (Å²) < 4.78 is 0. The molecule has 0 saturated carbocycles. The van der Waals surface area contributed by atoms with Gasteiger partial charge in [-0.2, -0.15) is 0 Å². The second kappa shape index (κ2) is 6.40. The van der Waals surface area contributed by atoms with Crippen LogP contribution in [-0.2, 0) is 11.2 Å². The second-order valence-electron chi connectivity index (χ2n) is 4.38. The topological polar surface area (TPSA) is 85.1 Å². The van der Waals surface area contributed by atoms with Crippen molar-refractivity contribution in [3.8, 4) is 0 Å². The Balaban J connectivity index is 1.95. The van der Waals surface area contributed by atoms with E-state index in [1.165, 1.54) is 18.3 Å². The van der Waals surface area contributed by atoms with Crippen LogP contribution in [0.2, 0.25) is 0 Å². The van der Waals surface area contributed by atoms with E-state index >= 15 is 0 Å². The molecule has 2 aromatic rings. The van der Waals surface area contributed by atoms with E-state index in [1.807, 2.05) is 30.3 Å². The van der Waals surface area contributed by atoms with Gasteiger partial charge in [0.1, 0.15) is 5.69 Å². The normalized spacial score (nSPS) is 11.9. The molecule has 6 heteroatoms. The highest BCUT2D eigenvalue weighted by molar-refractivity contribution is 7.14. The molecule has 1 aromatic heterocycles. The molecule has 20 heavy (non-hydrogen) atoms. The van der Waals surface area contributed by atoms with Gasteiger partial charge in [-0.05, 0) is 12.0 Å². The maximum atomic E-state index is 11.9. The lowest BCUT2D eigenvalue weighted by atomic mass is 10.1. The molecule has 3 N–H and O–H groups in total. The van der Waals surface area contributed by atoms with Gasteiger partial charge in [0.15, 0.2) is 10.9 Å². The zero-order valence-electron chi connectivity index (χ0n) is 11.0. The van der Waals surface area contributed by atoms with Crippen LogP contribution in [0.1, 0.15) is 23.0 Å². The van der Waals surface area contributed by atoms with E-state index < -0.39 is 6.04 Å². The Kier molecular flexibility index (Phi) is 4.60. The predicted molar refractivity (Wildman–Crippen MR) is 78.9 cm³/mol. The van der Waals surface area contributed by atoms with Crippen LogP contribution in [0, 0.1) is 0 Å². The van der Waals surface area contributed by atoms with E-state index in [9.17, 15) is 9.59 Å². The largest absolute Gasteiger partial charge is 0.320 e. The zero-order valence-corrected chi connectivity index (χ0v) is 11.8. The summed E-state index contributed by atoms with van der Waals surface area (Å²) in [5.74, 6) is -0.436. The zero-order chi connectivity index (χ0) is 14.5. The van der Waals surface area contributed by atoms with Crippen LogP contribution < -0.4 is 11.1 Å². The monoisotopic (exact) mass is 289 g/mol. The summed E-state index contributed by atoms with van der Waals surface area (Å²) in [6.07, 6.45) is 0.456. The molecule has 0 aliphatic carbocycles. The number of amides is 1. The molecule has 0 bridgehead atoms. The van der Waals surface area contributed by atoms with Crippen LogP contribution in [0.4, 0.5) is 5.13 Å². The number of ketones is 1. The molecule has 1 atom stereocenters. The molecule has 1 heterocycles. The van der Waals surface area contributed by atoms with Gasteiger partial charge in [0, 0.05) is 12.3 Å². The first-order chi connectivity index (χ1) is 9.56. The average Bonchev–Trinajstić information content (AvgIpc) is 2.88. The number of carbonyl (C=O) groups is 2. The minimum absolute atomic E-state index is 0.129. The Morgan fingerprint density at radius 1 is 1.35 bits per heavy atom. The van der Waals surface area contributed by atoms with Gasteiger partial charge >= 0.3 is 0 Å². The van der Waals surface area contributed by atoms with Crippen molar-refractivity contribution < 1.29 is 9.59 Å². The summed E-state index contributed by atoms with van der Waals surface area (Å²) in [5, 5.41) is 4.63. The second-order valence-corrected chi connectivity index (χ2v) is 5.24. The lowest BCUT2D eigenvalue weighted by molar-refractivity contribution is -0.117. The molecule has 104 valence electrons. The molecular formula is C14H15N3O2S. The number of thiazole rings is 1. The fourth-order valence-electron chi connectivity index (χ4n) is 1.65. The molecule has 1 amide bonds. The van der Waals surface area contributed by atoms with Crippen molar-refractivity contribution >= 4 is 28.2 Å². The Morgan fingerprint density at radius 2 is 2.05 bits per heavy atom. The first-order valence-electron chi connectivity index (χ1n) is 6.13. The van der Waals surface area contributed by atoms with Gasteiger partial charge in [-0.3, -0.25) is 9.59 Å². The third-order valence-electron chi connectivity index (χ3n) is 2.73. The van der Waals surface area contributed by atoms with Gasteiger partial charge in [0.25, 0.3) is 0 Å². The van der Waals surface area contributed by atoms with Crippen LogP contribution in [0.3, 0.4) is 0 Å². The number of anilines is 1. The fourth-order valence-corrected chi connectivity index (χ4v) is 2.40. The number of nitrogens with one attached hydrogen (secondary N) is 1. The lowest BCUT2D eigenvalue weighted by Crippen LogP contribution is -2.37. The Bertz CT molecular complexity index is 610. The maximum Gasteiger partial charge on any atom is 0.243 e. The number of Topliss-reactive ketones (excluding diaryl/α,β-unsaturated/α-hetero) is 1. The molecule has 0 fully saturated rings. The summed E-state index contributed by atoms with van der Waals surface area (Å²) >= 11 is 1.21. The van der Waals surface area contributed by atoms with Gasteiger partial charge in [-0.25, -0.2) is 4.98 Å². The molecule has 0 spiro atoms. The first kappa shape index (κ1) is 14.4. The highest BCUT2D eigenvalue weighted by atomic mass is 32.1. The summed E-state index contributed by atoms with van der Waals surface area (Å²) in [6, 6.07) is 8.91. The molecular weight excluding hydrogens is 274 g/mol. The number of nitrogens with zero attached hydrogens (tertiary/aromatic N) is 1. The minimum atomic E-state index is -0.651. The van der Waals surface area contributed by atoms with Gasteiger partial charge in [-0.15, -0.1) is 11.3 Å². The van der Waals surface area contributed by atoms with Crippen LogP contribution >= 0.6 is 11.3 Å². The number of hydrogen-bond acceptors (Lipinski definition) is 5. The van der Waals surface area contributed by atoms with E-state index in [4.69, 9.17) is 5.73 Å². The third kappa shape index (κ3) is 3.72. The maximum absolute atomic E-state index is 11.9. The van der Waals surface area contributed by atoms with Gasteiger partial charge in [-0.1, -0.05) is 30.3 Å². The first-order valence-corrected chi connectivity index (χ1v) is 7.01. The molecule has 2 rings (SSSR count). The molecule has 0 saturated heterocycles. The van der Waals surface area contributed by atoms with Crippen LogP contribution in [0.5, 0.6) is 0 Å². The minimum Gasteiger partial charge on any atom is -0.320 e. The molecule has 1 aromatic carbocycles. The number of nitrogens with two attached hydrogens (primary N) is 1. The number of carbonyl (C=O) groups excluding carboxylic acids is 2. The van der Waals surface area contributed by atoms with Crippen LogP contribution in [0.15, 0.2) is 35.7 Å². The van der Waals surface area contributed by atoms with E-state index in [2.05, 4.69) is 10.3 Å². The van der Waals surface area contributed by atoms with Crippen molar-refractivity contribution in [2.45, 2.75) is 19.4 Å². The smallest absolute Gasteiger partial charge is 0.243 e. The van der Waals surface area contributed by atoms with E-state index in [-0.39, 0.29) is 11.7 Å². The highest BCUT2D eigenvalue weighted by Crippen LogP contribution is 2.16. The molecule has 0 aliphatic heterocycles. The summed E-state index contributed by atoms with van der Waals surface area (Å²) in [4.78, 5) is 27.1. The van der Waals surface area contributed by atoms with Crippen LogP contribution in [0.25, 0.3) is 0 Å². The van der Waals surface area contributed by atoms with E-state index in [0.29, 0.717) is 17.2 Å². The van der Waals surface area contributed by atoms with Crippen molar-refractivity contribution in [1.82, 2.24) is 4.98 Å². The Labute approximate surface area is 120 Å². The Hall–Kier alpha value is -2.05. The molecule has 0 radical (unpaired) electrons. The Morgan fingerprint density at radius 3 is 2.65 bits per heavy atom. The van der Waals surface area contributed by atoms with Crippen molar-refractivity contribution in [1.29, 1.82) is 0 Å². The van der Waals surface area contributed by atoms with Crippen molar-refractivity contribution in [3.05, 3.63) is 47.0 Å². The number of hydrogen-bond donors (Lipinski definition) is 2. The third-order valence-corrected chi connectivity index (χ3v) is 3.49. The molecule has 1 unspecified atom stereocenters. The van der Waals surface area contributed by atoms with Gasteiger partial charge < -0.3 is 11.1 Å². The lowest BCUT2D eigenvalue weighted by Gasteiger charge is -2.10. The molecule has 5 nitrogen and oxygen atoms in total. The van der Waals surface area contributed by atoms with Gasteiger partial charge in [0.2, 0.25) is 5.91 Å². The number of rotatable bonds is 5. The van der Waals surface area contributed by atoms with Crippen molar-refractivity contribution in [2.75, 3.05) is 5.32 Å². The number of benzene rings is 1. The van der Waals surface area contributed by atoms with Gasteiger partial charge in [0.05, 0.1) is 6.04 Å². The standard InChI is InChI=1S/C14H15N3O2S/c1-9(18)12-8-20-14(16-12)17-13(19)11(15)7-10-5-3-2-4-6-10/h2-6,8,11H,7,15H2,1H3,(H,16,17,19). The summed E-state index contributed by atoms with van der Waals surface area (Å²) in [5.41, 5.74) is 7.21. The fraction of sp³-hybridized carbons (Fsp3) is 0.214. The summed E-state index contributed by atoms with van der Waals surface area (Å²) in [7, 11) is 0. The molecule has 0 aliphatic rings. The summed E-state index contributed by atoms with van der Waals surface area (Å²) in [6.45, 7) is 1.43. The van der Waals surface area contributed by atoms with E-state index in [1.54, 1.807) is 5.38 Å². The quantitative estimate of drug-likeness (QED) is 0.823. The van der Waals surface area contributed by atoms with Crippen LogP contribution in [-0.4, -0.2) is 22.7 Å². The van der Waals surface area contributed by atoms with Crippen molar-refractivity contribution in [2.24, 2.45) is 5.73 Å². The average molecular weight is 289 g/mol. The number of aromatic nitrogens is 1. The van der Waals surface area contributed by atoms with E-state index in [0.717, 1.165) is 5.56 Å².